The van der Waals surface area contributed by atoms with Gasteiger partial charge in [-0.15, -0.1) is 0 Å². The standard InChI is InChI=1S/C15H14Cl2N2O2/c1-3-21-15(20)10-4-5-14(18-8-10)19-13-7-11(16)9(2)6-12(13)17/h4-8H,3H2,1-2H3,(H,18,19). The average Bonchev–Trinajstić information content (AvgIpc) is 2.46. The first-order valence-corrected chi connectivity index (χ1v) is 7.12. The zero-order valence-electron chi connectivity index (χ0n) is 11.6. The van der Waals surface area contributed by atoms with E-state index in [1.165, 1.54) is 6.20 Å². The van der Waals surface area contributed by atoms with E-state index in [0.717, 1.165) is 5.56 Å². The quantitative estimate of drug-likeness (QED) is 0.834. The van der Waals surface area contributed by atoms with Gasteiger partial charge in [-0.3, -0.25) is 0 Å². The first kappa shape index (κ1) is 15.6. The highest BCUT2D eigenvalue weighted by Gasteiger charge is 2.08. The highest BCUT2D eigenvalue weighted by molar-refractivity contribution is 6.35. The number of nitrogens with zero attached hydrogens (tertiary/aromatic N) is 1. The van der Waals surface area contributed by atoms with Crippen LogP contribution in [0.3, 0.4) is 0 Å². The van der Waals surface area contributed by atoms with Crippen molar-refractivity contribution < 1.29 is 9.53 Å². The summed E-state index contributed by atoms with van der Waals surface area (Å²) in [5, 5.41) is 4.22. The van der Waals surface area contributed by atoms with E-state index >= 15 is 0 Å². The summed E-state index contributed by atoms with van der Waals surface area (Å²) in [7, 11) is 0. The van der Waals surface area contributed by atoms with E-state index in [-0.39, 0.29) is 0 Å². The highest BCUT2D eigenvalue weighted by atomic mass is 35.5. The first-order chi connectivity index (χ1) is 10.0. The normalized spacial score (nSPS) is 10.3. The number of rotatable bonds is 4. The van der Waals surface area contributed by atoms with Gasteiger partial charge in [0.15, 0.2) is 0 Å². The van der Waals surface area contributed by atoms with E-state index in [1.807, 2.05) is 6.92 Å². The summed E-state index contributed by atoms with van der Waals surface area (Å²) in [5.41, 5.74) is 1.96. The topological polar surface area (TPSA) is 51.2 Å². The molecule has 0 saturated carbocycles. The number of carbonyl (C=O) groups is 1. The molecule has 0 fully saturated rings. The fourth-order valence-electron chi connectivity index (χ4n) is 1.68. The summed E-state index contributed by atoms with van der Waals surface area (Å²) in [5.74, 6) is 0.165. The molecule has 2 aromatic rings. The number of anilines is 2. The molecular weight excluding hydrogens is 311 g/mol. The molecule has 0 unspecified atom stereocenters. The van der Waals surface area contributed by atoms with Crippen LogP contribution in [0.25, 0.3) is 0 Å². The maximum absolute atomic E-state index is 11.5. The molecule has 2 rings (SSSR count). The second kappa shape index (κ2) is 6.78. The third-order valence-electron chi connectivity index (χ3n) is 2.79. The van der Waals surface area contributed by atoms with E-state index in [9.17, 15) is 4.79 Å². The van der Waals surface area contributed by atoms with Crippen LogP contribution in [0.4, 0.5) is 11.5 Å². The molecule has 0 bridgehead atoms. The van der Waals surface area contributed by atoms with E-state index in [0.29, 0.717) is 33.7 Å². The van der Waals surface area contributed by atoms with Gasteiger partial charge in [-0.2, -0.15) is 0 Å². The van der Waals surface area contributed by atoms with Crippen LogP contribution in [-0.2, 0) is 4.74 Å². The number of hydrogen-bond acceptors (Lipinski definition) is 4. The molecule has 110 valence electrons. The zero-order valence-corrected chi connectivity index (χ0v) is 13.1. The molecule has 1 aromatic carbocycles. The SMILES string of the molecule is CCOC(=O)c1ccc(Nc2cc(Cl)c(C)cc2Cl)nc1. The number of esters is 1. The van der Waals surface area contributed by atoms with Crippen molar-refractivity contribution in [3.8, 4) is 0 Å². The van der Waals surface area contributed by atoms with Gasteiger partial charge >= 0.3 is 5.97 Å². The fraction of sp³-hybridized carbons (Fsp3) is 0.200. The largest absolute Gasteiger partial charge is 0.462 e. The Kier molecular flexibility index (Phi) is 5.04. The van der Waals surface area contributed by atoms with Gasteiger partial charge in [-0.05, 0) is 43.7 Å². The monoisotopic (exact) mass is 324 g/mol. The average molecular weight is 325 g/mol. The number of ether oxygens (including phenoxy) is 1. The number of carbonyl (C=O) groups excluding carboxylic acids is 1. The van der Waals surface area contributed by atoms with Crippen molar-refractivity contribution in [3.05, 3.63) is 51.6 Å². The molecule has 1 aromatic heterocycles. The van der Waals surface area contributed by atoms with Crippen LogP contribution >= 0.6 is 23.2 Å². The van der Waals surface area contributed by atoms with Gasteiger partial charge in [-0.1, -0.05) is 23.2 Å². The predicted octanol–water partition coefficient (Wildman–Crippen LogP) is 4.62. The smallest absolute Gasteiger partial charge is 0.339 e. The maximum atomic E-state index is 11.5. The second-order valence-electron chi connectivity index (χ2n) is 4.36. The first-order valence-electron chi connectivity index (χ1n) is 6.37. The van der Waals surface area contributed by atoms with Gasteiger partial charge < -0.3 is 10.1 Å². The Labute approximate surface area is 133 Å². The van der Waals surface area contributed by atoms with Crippen molar-refractivity contribution in [1.29, 1.82) is 0 Å². The number of pyridine rings is 1. The minimum absolute atomic E-state index is 0.330. The van der Waals surface area contributed by atoms with Crippen molar-refractivity contribution in [2.45, 2.75) is 13.8 Å². The van der Waals surface area contributed by atoms with Gasteiger partial charge in [0.2, 0.25) is 0 Å². The predicted molar refractivity (Wildman–Crippen MR) is 84.7 cm³/mol. The van der Waals surface area contributed by atoms with Gasteiger partial charge in [0, 0.05) is 11.2 Å². The highest BCUT2D eigenvalue weighted by Crippen LogP contribution is 2.30. The number of hydrogen-bond donors (Lipinski definition) is 1. The lowest BCUT2D eigenvalue weighted by Gasteiger charge is -2.10. The summed E-state index contributed by atoms with van der Waals surface area (Å²) < 4.78 is 4.90. The van der Waals surface area contributed by atoms with E-state index in [4.69, 9.17) is 27.9 Å². The van der Waals surface area contributed by atoms with Crippen LogP contribution in [0.15, 0.2) is 30.5 Å². The Balaban J connectivity index is 2.17. The molecule has 0 saturated heterocycles. The van der Waals surface area contributed by atoms with Crippen LogP contribution in [0.2, 0.25) is 10.0 Å². The number of halogens is 2. The van der Waals surface area contributed by atoms with Crippen LogP contribution < -0.4 is 5.32 Å². The molecule has 0 amide bonds. The Bertz CT molecular complexity index is 657. The lowest BCUT2D eigenvalue weighted by molar-refractivity contribution is 0.0526. The van der Waals surface area contributed by atoms with Crippen molar-refractivity contribution in [2.24, 2.45) is 0 Å². The summed E-state index contributed by atoms with van der Waals surface area (Å²) in [4.78, 5) is 15.7. The zero-order chi connectivity index (χ0) is 15.4. The van der Waals surface area contributed by atoms with Crippen molar-refractivity contribution in [1.82, 2.24) is 4.98 Å². The Hall–Kier alpha value is -1.78. The van der Waals surface area contributed by atoms with Gasteiger partial charge in [0.25, 0.3) is 0 Å². The number of aromatic nitrogens is 1. The lowest BCUT2D eigenvalue weighted by Crippen LogP contribution is -2.05. The summed E-state index contributed by atoms with van der Waals surface area (Å²) in [6.45, 7) is 3.96. The molecule has 1 heterocycles. The van der Waals surface area contributed by atoms with Gasteiger partial charge in [0.05, 0.1) is 22.9 Å². The molecule has 4 nitrogen and oxygen atoms in total. The van der Waals surface area contributed by atoms with Crippen LogP contribution in [0, 0.1) is 6.92 Å². The van der Waals surface area contributed by atoms with E-state index < -0.39 is 5.97 Å². The molecule has 0 aliphatic heterocycles. The van der Waals surface area contributed by atoms with Crippen LogP contribution in [0.5, 0.6) is 0 Å². The van der Waals surface area contributed by atoms with Crippen LogP contribution in [-0.4, -0.2) is 17.6 Å². The third kappa shape index (κ3) is 3.86. The molecule has 0 radical (unpaired) electrons. The van der Waals surface area contributed by atoms with Crippen LogP contribution in [0.1, 0.15) is 22.8 Å². The number of aryl methyl sites for hydroxylation is 1. The van der Waals surface area contributed by atoms with E-state index in [2.05, 4.69) is 10.3 Å². The van der Waals surface area contributed by atoms with Crippen molar-refractivity contribution in [3.63, 3.8) is 0 Å². The molecule has 0 atom stereocenters. The van der Waals surface area contributed by atoms with Crippen molar-refractivity contribution >= 4 is 40.7 Å². The fourth-order valence-corrected chi connectivity index (χ4v) is 2.11. The molecular formula is C15H14Cl2N2O2. The Morgan fingerprint density at radius 2 is 2.05 bits per heavy atom. The molecule has 0 spiro atoms. The van der Waals surface area contributed by atoms with Gasteiger partial charge in [-0.25, -0.2) is 9.78 Å². The van der Waals surface area contributed by atoms with Gasteiger partial charge in [0.1, 0.15) is 5.82 Å². The van der Waals surface area contributed by atoms with Crippen molar-refractivity contribution in [2.75, 3.05) is 11.9 Å². The minimum Gasteiger partial charge on any atom is -0.462 e. The van der Waals surface area contributed by atoms with E-state index in [1.54, 1.807) is 31.2 Å². The molecule has 0 aliphatic rings. The maximum Gasteiger partial charge on any atom is 0.339 e. The lowest BCUT2D eigenvalue weighted by atomic mass is 10.2. The summed E-state index contributed by atoms with van der Waals surface area (Å²) >= 11 is 12.2. The third-order valence-corrected chi connectivity index (χ3v) is 3.51. The second-order valence-corrected chi connectivity index (χ2v) is 5.17. The molecule has 0 aliphatic carbocycles. The summed E-state index contributed by atoms with van der Waals surface area (Å²) in [6, 6.07) is 6.83. The molecule has 6 heteroatoms. The minimum atomic E-state index is -0.395. The Morgan fingerprint density at radius 1 is 1.29 bits per heavy atom. The number of benzene rings is 1. The Morgan fingerprint density at radius 3 is 2.67 bits per heavy atom. The molecule has 21 heavy (non-hydrogen) atoms. The summed E-state index contributed by atoms with van der Waals surface area (Å²) in [6.07, 6.45) is 1.45. The molecule has 1 N–H and O–H groups in total. The number of nitrogens with one attached hydrogen (secondary N) is 1.